The van der Waals surface area contributed by atoms with Crippen LogP contribution in [0.1, 0.15) is 24.4 Å². The lowest BCUT2D eigenvalue weighted by Crippen LogP contribution is -2.38. The molecule has 3 aromatic rings. The topological polar surface area (TPSA) is 109 Å². The van der Waals surface area contributed by atoms with Crippen LogP contribution in [0.3, 0.4) is 0 Å². The second kappa shape index (κ2) is 6.33. The Labute approximate surface area is 169 Å². The molecule has 1 fully saturated rings. The molecule has 30 heavy (non-hydrogen) atoms. The Balaban J connectivity index is 1.73. The zero-order chi connectivity index (χ0) is 21.2. The quantitative estimate of drug-likeness (QED) is 0.496. The predicted octanol–water partition coefficient (Wildman–Crippen LogP) is 3.92. The number of halogens is 2. The van der Waals surface area contributed by atoms with E-state index in [1.54, 1.807) is 0 Å². The van der Waals surface area contributed by atoms with Gasteiger partial charge in [-0.3, -0.25) is 19.5 Å². The summed E-state index contributed by atoms with van der Waals surface area (Å²) in [6.45, 7) is 0. The Morgan fingerprint density at radius 1 is 1.13 bits per heavy atom. The smallest absolute Gasteiger partial charge is 0.269 e. The van der Waals surface area contributed by atoms with Gasteiger partial charge in [0.15, 0.2) is 11.6 Å². The van der Waals surface area contributed by atoms with Crippen LogP contribution in [0.2, 0.25) is 0 Å². The molecule has 0 radical (unpaired) electrons. The van der Waals surface area contributed by atoms with Crippen LogP contribution in [-0.2, 0) is 10.0 Å². The van der Waals surface area contributed by atoms with Gasteiger partial charge in [0, 0.05) is 29.3 Å². The van der Waals surface area contributed by atoms with Crippen molar-refractivity contribution >= 4 is 21.4 Å². The number of hydrogen-bond acceptors (Lipinski definition) is 5. The summed E-state index contributed by atoms with van der Waals surface area (Å²) in [5.41, 5.74) is 0.971. The lowest BCUT2D eigenvalue weighted by atomic mass is 9.93. The van der Waals surface area contributed by atoms with Crippen molar-refractivity contribution in [3.05, 3.63) is 69.9 Å². The number of fused-ring (bicyclic) bond motifs is 3. The van der Waals surface area contributed by atoms with Crippen molar-refractivity contribution in [1.29, 1.82) is 0 Å². The fourth-order valence-electron chi connectivity index (χ4n) is 3.92. The van der Waals surface area contributed by atoms with Gasteiger partial charge in [-0.05, 0) is 37.0 Å². The largest absolute Gasteiger partial charge is 0.277 e. The molecule has 2 aliphatic rings. The van der Waals surface area contributed by atoms with E-state index in [4.69, 9.17) is 0 Å². The van der Waals surface area contributed by atoms with Gasteiger partial charge in [-0.1, -0.05) is 0 Å². The number of hydrogen-bond donors (Lipinski definition) is 1. The van der Waals surface area contributed by atoms with Crippen LogP contribution in [-0.4, -0.2) is 23.5 Å². The number of H-pyrrole nitrogens is 1. The monoisotopic (exact) mass is 432 g/mol. The first-order valence-electron chi connectivity index (χ1n) is 9.10. The molecule has 1 N–H and O–H groups in total. The lowest BCUT2D eigenvalue weighted by molar-refractivity contribution is -0.384. The molecule has 1 aliphatic carbocycles. The van der Waals surface area contributed by atoms with Gasteiger partial charge in [-0.25, -0.2) is 17.2 Å². The van der Waals surface area contributed by atoms with Gasteiger partial charge in [-0.15, -0.1) is 0 Å². The van der Waals surface area contributed by atoms with Gasteiger partial charge in [0.05, 0.1) is 33.4 Å². The zero-order valence-corrected chi connectivity index (χ0v) is 16.1. The first-order valence-corrected chi connectivity index (χ1v) is 10.5. The summed E-state index contributed by atoms with van der Waals surface area (Å²) in [7, 11) is -4.24. The van der Waals surface area contributed by atoms with Crippen LogP contribution in [0.15, 0.2) is 47.5 Å². The number of aromatic amines is 1. The summed E-state index contributed by atoms with van der Waals surface area (Å²) >= 11 is 0. The number of benzene rings is 2. The Hall–Kier alpha value is -3.34. The zero-order valence-electron chi connectivity index (χ0n) is 15.2. The van der Waals surface area contributed by atoms with Gasteiger partial charge in [0.2, 0.25) is 0 Å². The molecule has 1 aromatic heterocycles. The molecule has 0 bridgehead atoms. The van der Waals surface area contributed by atoms with E-state index < -0.39 is 32.6 Å². The lowest BCUT2D eigenvalue weighted by Gasteiger charge is -2.37. The van der Waals surface area contributed by atoms with Gasteiger partial charge in [-0.2, -0.15) is 5.10 Å². The molecule has 2 aromatic carbocycles. The van der Waals surface area contributed by atoms with Crippen molar-refractivity contribution in [2.75, 3.05) is 4.31 Å². The number of rotatable bonds is 4. The van der Waals surface area contributed by atoms with E-state index in [1.807, 2.05) is 0 Å². The van der Waals surface area contributed by atoms with E-state index >= 15 is 0 Å². The maximum atomic E-state index is 14.2. The predicted molar refractivity (Wildman–Crippen MR) is 102 cm³/mol. The second-order valence-electron chi connectivity index (χ2n) is 7.32. The molecule has 1 saturated carbocycles. The number of nitro groups is 1. The molecular formula is C19H14F2N4O4S. The van der Waals surface area contributed by atoms with Crippen molar-refractivity contribution in [1.82, 2.24) is 10.2 Å². The first kappa shape index (κ1) is 18.7. The Bertz CT molecular complexity index is 1290. The molecule has 1 aliphatic heterocycles. The van der Waals surface area contributed by atoms with Gasteiger partial charge >= 0.3 is 0 Å². The van der Waals surface area contributed by atoms with E-state index in [0.29, 0.717) is 11.3 Å². The maximum Gasteiger partial charge on any atom is 0.269 e. The van der Waals surface area contributed by atoms with Crippen LogP contribution in [0.5, 0.6) is 0 Å². The standard InChI is InChI=1S/C19H14F2N4O4S/c20-15-7-13-17(8-16(15)21)24(19(10-1-2-10)14-9-22-23-18(13)14)30(28,29)12-5-3-11(4-6-12)25(26)27/h3-10,19H,1-2H2,(H,22,23)/t19-/m1/s1. The third-order valence-corrected chi connectivity index (χ3v) is 7.27. The molecule has 0 saturated heterocycles. The highest BCUT2D eigenvalue weighted by Gasteiger charge is 2.47. The van der Waals surface area contributed by atoms with Crippen molar-refractivity contribution in [3.63, 3.8) is 0 Å². The molecule has 0 spiro atoms. The van der Waals surface area contributed by atoms with Gasteiger partial charge < -0.3 is 0 Å². The second-order valence-corrected chi connectivity index (χ2v) is 9.13. The van der Waals surface area contributed by atoms with E-state index in [-0.39, 0.29) is 27.8 Å². The Morgan fingerprint density at radius 3 is 2.43 bits per heavy atom. The normalized spacial score (nSPS) is 18.1. The molecular weight excluding hydrogens is 418 g/mol. The van der Waals surface area contributed by atoms with E-state index in [1.165, 1.54) is 6.20 Å². The molecule has 5 rings (SSSR count). The number of aromatic nitrogens is 2. The van der Waals surface area contributed by atoms with Crippen LogP contribution >= 0.6 is 0 Å². The summed E-state index contributed by atoms with van der Waals surface area (Å²) in [5.74, 6) is -2.28. The Morgan fingerprint density at radius 2 is 1.80 bits per heavy atom. The number of nitrogens with one attached hydrogen (secondary N) is 1. The van der Waals surface area contributed by atoms with Crippen molar-refractivity contribution in [3.8, 4) is 11.3 Å². The van der Waals surface area contributed by atoms with Gasteiger partial charge in [0.25, 0.3) is 15.7 Å². The van der Waals surface area contributed by atoms with Crippen LogP contribution in [0.25, 0.3) is 11.3 Å². The van der Waals surface area contributed by atoms with Crippen LogP contribution in [0, 0.1) is 27.7 Å². The molecule has 11 heteroatoms. The summed E-state index contributed by atoms with van der Waals surface area (Å²) in [6, 6.07) is 5.65. The summed E-state index contributed by atoms with van der Waals surface area (Å²) in [6.07, 6.45) is 3.06. The third kappa shape index (κ3) is 2.69. The number of nitrogens with zero attached hydrogens (tertiary/aromatic N) is 3. The van der Waals surface area contributed by atoms with Crippen molar-refractivity contribution in [2.24, 2.45) is 5.92 Å². The fraction of sp³-hybridized carbons (Fsp3) is 0.211. The number of anilines is 1. The van der Waals surface area contributed by atoms with E-state index in [0.717, 1.165) is 53.5 Å². The maximum absolute atomic E-state index is 14.2. The molecule has 0 unspecified atom stereocenters. The number of non-ortho nitro benzene ring substituents is 1. The minimum Gasteiger partial charge on any atom is -0.277 e. The number of nitro benzene ring substituents is 1. The SMILES string of the molecule is O=[N+]([O-])c1ccc(S(=O)(=O)N2c3cc(F)c(F)cc3-c3[nH]ncc3[C@H]2C2CC2)cc1. The van der Waals surface area contributed by atoms with E-state index in [2.05, 4.69) is 10.2 Å². The summed E-state index contributed by atoms with van der Waals surface area (Å²) in [4.78, 5) is 10.1. The molecule has 8 nitrogen and oxygen atoms in total. The molecule has 0 amide bonds. The average molecular weight is 432 g/mol. The fourth-order valence-corrected chi connectivity index (χ4v) is 5.62. The average Bonchev–Trinajstić information content (AvgIpc) is 3.43. The highest BCUT2D eigenvalue weighted by atomic mass is 32.2. The highest BCUT2D eigenvalue weighted by molar-refractivity contribution is 7.92. The molecule has 1 atom stereocenters. The molecule has 154 valence electrons. The minimum absolute atomic E-state index is 0.000836. The first-order chi connectivity index (χ1) is 14.3. The number of sulfonamides is 1. The van der Waals surface area contributed by atoms with Crippen molar-refractivity contribution < 1.29 is 22.1 Å². The highest BCUT2D eigenvalue weighted by Crippen LogP contribution is 2.54. The van der Waals surface area contributed by atoms with Crippen LogP contribution < -0.4 is 4.31 Å². The minimum atomic E-state index is -4.24. The summed E-state index contributed by atoms with van der Waals surface area (Å²) in [5, 5.41) is 17.7. The third-order valence-electron chi connectivity index (χ3n) is 5.46. The molecule has 2 heterocycles. The summed E-state index contributed by atoms with van der Waals surface area (Å²) < 4.78 is 56.5. The van der Waals surface area contributed by atoms with E-state index in [9.17, 15) is 27.3 Å². The Kier molecular flexibility index (Phi) is 3.94. The van der Waals surface area contributed by atoms with Crippen molar-refractivity contribution in [2.45, 2.75) is 23.8 Å². The van der Waals surface area contributed by atoms with Crippen LogP contribution in [0.4, 0.5) is 20.2 Å². The van der Waals surface area contributed by atoms with Gasteiger partial charge in [0.1, 0.15) is 0 Å².